The predicted molar refractivity (Wildman–Crippen MR) is 104 cm³/mol. The quantitative estimate of drug-likeness (QED) is 0.598. The van der Waals surface area contributed by atoms with E-state index in [2.05, 4.69) is 37.8 Å². The van der Waals surface area contributed by atoms with Gasteiger partial charge in [0.2, 0.25) is 0 Å². The summed E-state index contributed by atoms with van der Waals surface area (Å²) < 4.78 is 11.7. The molecule has 1 aliphatic heterocycles. The topological polar surface area (TPSA) is 42.7 Å². The first-order valence-electron chi connectivity index (χ1n) is 8.88. The lowest BCUT2D eigenvalue weighted by molar-refractivity contribution is 0.288. The second-order valence-electron chi connectivity index (χ2n) is 7.28. The van der Waals surface area contributed by atoms with Gasteiger partial charge in [0.25, 0.3) is 0 Å². The molecule has 0 aliphatic carbocycles. The Morgan fingerprint density at radius 1 is 0.962 bits per heavy atom. The van der Waals surface area contributed by atoms with E-state index in [0.717, 1.165) is 22.3 Å². The molecule has 0 bridgehead atoms. The van der Waals surface area contributed by atoms with Crippen LogP contribution < -0.4 is 15.3 Å². The van der Waals surface area contributed by atoms with Crippen LogP contribution in [0.25, 0.3) is 11.0 Å². The Balaban J connectivity index is 1.88. The Morgan fingerprint density at radius 3 is 2.35 bits per heavy atom. The molecule has 0 N–H and O–H groups in total. The Bertz CT molecular complexity index is 1070. The Hall–Kier alpha value is -2.75. The van der Waals surface area contributed by atoms with Crippen LogP contribution in [-0.2, 0) is 6.54 Å². The Kier molecular flexibility index (Phi) is 3.79. The van der Waals surface area contributed by atoms with Crippen LogP contribution >= 0.6 is 0 Å². The van der Waals surface area contributed by atoms with Gasteiger partial charge in [-0.2, -0.15) is 0 Å². The molecule has 4 nitrogen and oxygen atoms in total. The average Bonchev–Trinajstić information content (AvgIpc) is 2.59. The lowest BCUT2D eigenvalue weighted by Crippen LogP contribution is -2.33. The van der Waals surface area contributed by atoms with E-state index >= 15 is 0 Å². The largest absolute Gasteiger partial charge is 0.473 e. The van der Waals surface area contributed by atoms with Crippen molar-refractivity contribution in [3.63, 3.8) is 0 Å². The maximum Gasteiger partial charge on any atom is 0.339 e. The summed E-state index contributed by atoms with van der Waals surface area (Å²) in [5, 5.41) is 0.976. The van der Waals surface area contributed by atoms with Crippen LogP contribution in [0.3, 0.4) is 0 Å². The SMILES string of the molecule is Cc1cc(C)c(N2COc3ccc4c(C)c(C)c(=O)oc4c3C2)c(C)c1. The fourth-order valence-electron chi connectivity index (χ4n) is 4.03. The van der Waals surface area contributed by atoms with Gasteiger partial charge in [0.05, 0.1) is 12.1 Å². The number of fused-ring (bicyclic) bond motifs is 3. The fourth-order valence-corrected chi connectivity index (χ4v) is 4.03. The first-order valence-corrected chi connectivity index (χ1v) is 8.88. The molecule has 0 saturated heterocycles. The zero-order valence-corrected chi connectivity index (χ0v) is 15.9. The van der Waals surface area contributed by atoms with Crippen molar-refractivity contribution < 1.29 is 9.15 Å². The number of hydrogen-bond acceptors (Lipinski definition) is 4. The average molecular weight is 349 g/mol. The summed E-state index contributed by atoms with van der Waals surface area (Å²) in [6.45, 7) is 11.3. The molecule has 0 spiro atoms. The van der Waals surface area contributed by atoms with Crippen molar-refractivity contribution >= 4 is 16.7 Å². The molecule has 2 heterocycles. The van der Waals surface area contributed by atoms with Crippen LogP contribution in [0.1, 0.15) is 33.4 Å². The molecule has 26 heavy (non-hydrogen) atoms. The number of anilines is 1. The molecular weight excluding hydrogens is 326 g/mol. The van der Waals surface area contributed by atoms with Crippen LogP contribution in [0, 0.1) is 34.6 Å². The highest BCUT2D eigenvalue weighted by Gasteiger charge is 2.24. The summed E-state index contributed by atoms with van der Waals surface area (Å²) >= 11 is 0. The molecular formula is C22H23NO3. The third-order valence-electron chi connectivity index (χ3n) is 5.36. The van der Waals surface area contributed by atoms with Gasteiger partial charge in [-0.25, -0.2) is 4.79 Å². The van der Waals surface area contributed by atoms with Gasteiger partial charge in [0.15, 0.2) is 6.73 Å². The van der Waals surface area contributed by atoms with Gasteiger partial charge in [-0.1, -0.05) is 17.7 Å². The summed E-state index contributed by atoms with van der Waals surface area (Å²) in [6.07, 6.45) is 0. The third kappa shape index (κ3) is 2.48. The number of aryl methyl sites for hydroxylation is 4. The number of hydrogen-bond donors (Lipinski definition) is 0. The maximum absolute atomic E-state index is 12.2. The van der Waals surface area contributed by atoms with E-state index < -0.39 is 0 Å². The standard InChI is InChI=1S/C22H23NO3/c1-12-8-13(2)20(14(3)9-12)23-10-18-19(25-11-23)7-6-17-15(4)16(5)22(24)26-21(17)18/h6-9H,10-11H2,1-5H3. The molecule has 0 unspecified atom stereocenters. The summed E-state index contributed by atoms with van der Waals surface area (Å²) in [5.74, 6) is 0.794. The van der Waals surface area contributed by atoms with Gasteiger partial charge in [-0.15, -0.1) is 0 Å². The van der Waals surface area contributed by atoms with E-state index in [9.17, 15) is 4.79 Å². The number of nitrogens with zero attached hydrogens (tertiary/aromatic N) is 1. The van der Waals surface area contributed by atoms with E-state index in [1.807, 2.05) is 26.0 Å². The minimum Gasteiger partial charge on any atom is -0.473 e. The summed E-state index contributed by atoms with van der Waals surface area (Å²) in [6, 6.07) is 8.34. The normalized spacial score (nSPS) is 13.7. The van der Waals surface area contributed by atoms with E-state index in [4.69, 9.17) is 9.15 Å². The molecule has 0 saturated carbocycles. The summed E-state index contributed by atoms with van der Waals surface area (Å²) in [5.41, 5.74) is 7.83. The minimum atomic E-state index is -0.275. The minimum absolute atomic E-state index is 0.275. The van der Waals surface area contributed by atoms with Gasteiger partial charge in [0.1, 0.15) is 11.3 Å². The van der Waals surface area contributed by atoms with Gasteiger partial charge >= 0.3 is 5.63 Å². The smallest absolute Gasteiger partial charge is 0.339 e. The lowest BCUT2D eigenvalue weighted by atomic mass is 10.0. The predicted octanol–water partition coefficient (Wildman–Crippen LogP) is 4.69. The number of ether oxygens (including phenoxy) is 1. The molecule has 2 aromatic carbocycles. The Morgan fingerprint density at radius 2 is 1.65 bits per heavy atom. The molecule has 0 amide bonds. The second-order valence-corrected chi connectivity index (χ2v) is 7.28. The van der Waals surface area contributed by atoms with Gasteiger partial charge in [0, 0.05) is 16.6 Å². The number of benzene rings is 2. The van der Waals surface area contributed by atoms with Crippen molar-refractivity contribution in [1.82, 2.24) is 0 Å². The summed E-state index contributed by atoms with van der Waals surface area (Å²) in [7, 11) is 0. The zero-order chi connectivity index (χ0) is 18.6. The highest BCUT2D eigenvalue weighted by atomic mass is 16.5. The maximum atomic E-state index is 12.2. The van der Waals surface area contributed by atoms with Crippen LogP contribution in [-0.4, -0.2) is 6.73 Å². The fraction of sp³-hybridized carbons (Fsp3) is 0.318. The molecule has 1 aromatic heterocycles. The van der Waals surface area contributed by atoms with E-state index in [1.54, 1.807) is 0 Å². The molecule has 1 aliphatic rings. The molecule has 0 fully saturated rings. The third-order valence-corrected chi connectivity index (χ3v) is 5.36. The van der Waals surface area contributed by atoms with E-state index in [1.165, 1.54) is 22.4 Å². The highest BCUT2D eigenvalue weighted by molar-refractivity contribution is 5.86. The zero-order valence-electron chi connectivity index (χ0n) is 15.9. The van der Waals surface area contributed by atoms with Crippen LogP contribution in [0.15, 0.2) is 33.5 Å². The van der Waals surface area contributed by atoms with Crippen LogP contribution in [0.4, 0.5) is 5.69 Å². The Labute approximate surface area is 153 Å². The van der Waals surface area contributed by atoms with Crippen molar-refractivity contribution in [2.45, 2.75) is 41.2 Å². The van der Waals surface area contributed by atoms with Crippen molar-refractivity contribution in [2.24, 2.45) is 0 Å². The van der Waals surface area contributed by atoms with Gasteiger partial charge in [-0.05, 0) is 63.4 Å². The van der Waals surface area contributed by atoms with Crippen LogP contribution in [0.5, 0.6) is 5.75 Å². The molecule has 3 aromatic rings. The molecule has 4 heteroatoms. The number of rotatable bonds is 1. The lowest BCUT2D eigenvalue weighted by Gasteiger charge is -2.33. The van der Waals surface area contributed by atoms with Crippen LogP contribution in [0.2, 0.25) is 0 Å². The van der Waals surface area contributed by atoms with Gasteiger partial charge < -0.3 is 14.1 Å². The van der Waals surface area contributed by atoms with Crippen molar-refractivity contribution in [1.29, 1.82) is 0 Å². The molecule has 4 rings (SSSR count). The molecule has 0 radical (unpaired) electrons. The van der Waals surface area contributed by atoms with E-state index in [0.29, 0.717) is 24.4 Å². The molecule has 134 valence electrons. The van der Waals surface area contributed by atoms with E-state index in [-0.39, 0.29) is 5.63 Å². The monoisotopic (exact) mass is 349 g/mol. The van der Waals surface area contributed by atoms with Crippen molar-refractivity contribution in [3.8, 4) is 5.75 Å². The van der Waals surface area contributed by atoms with Crippen molar-refractivity contribution in [3.05, 3.63) is 68.1 Å². The first-order chi connectivity index (χ1) is 12.4. The molecule has 0 atom stereocenters. The second kappa shape index (κ2) is 5.90. The van der Waals surface area contributed by atoms with Gasteiger partial charge in [-0.3, -0.25) is 0 Å². The van der Waals surface area contributed by atoms with Crippen molar-refractivity contribution in [2.75, 3.05) is 11.6 Å². The first kappa shape index (κ1) is 16.7. The summed E-state index contributed by atoms with van der Waals surface area (Å²) in [4.78, 5) is 14.4. The highest BCUT2D eigenvalue weighted by Crippen LogP contribution is 2.37.